The van der Waals surface area contributed by atoms with Crippen molar-refractivity contribution in [1.82, 2.24) is 5.43 Å². The first-order valence-electron chi connectivity index (χ1n) is 10.9. The number of benzene rings is 3. The van der Waals surface area contributed by atoms with Crippen molar-refractivity contribution in [2.75, 3.05) is 11.4 Å². The minimum absolute atomic E-state index is 0.0691. The lowest BCUT2D eigenvalue weighted by Gasteiger charge is -2.43. The molecule has 0 spiro atoms. The molecule has 32 heavy (non-hydrogen) atoms. The molecule has 0 bridgehead atoms. The first kappa shape index (κ1) is 22.1. The number of rotatable bonds is 5. The van der Waals surface area contributed by atoms with Gasteiger partial charge in [-0.15, -0.1) is 0 Å². The summed E-state index contributed by atoms with van der Waals surface area (Å²) in [5.41, 5.74) is 7.80. The highest BCUT2D eigenvalue weighted by Crippen LogP contribution is 2.40. The average molecular weight is 446 g/mol. The van der Waals surface area contributed by atoms with E-state index in [1.54, 1.807) is 6.21 Å². The van der Waals surface area contributed by atoms with E-state index < -0.39 is 0 Å². The maximum absolute atomic E-state index is 12.5. The Labute approximate surface area is 194 Å². The lowest BCUT2D eigenvalue weighted by molar-refractivity contribution is -0.120. The van der Waals surface area contributed by atoms with Gasteiger partial charge in [0.15, 0.2) is 0 Å². The molecule has 0 saturated carbocycles. The SMILES string of the molecule is CCN1c2cc(Cl)c(/C=N\NC(=O)Cc3cccc4ccccc34)cc2C(C)=CC1(C)C. The van der Waals surface area contributed by atoms with Crippen LogP contribution in [-0.4, -0.2) is 24.2 Å². The van der Waals surface area contributed by atoms with E-state index in [1.165, 1.54) is 5.57 Å². The van der Waals surface area contributed by atoms with Crippen molar-refractivity contribution in [2.24, 2.45) is 5.10 Å². The lowest BCUT2D eigenvalue weighted by atomic mass is 9.88. The van der Waals surface area contributed by atoms with E-state index in [2.05, 4.69) is 49.2 Å². The van der Waals surface area contributed by atoms with Gasteiger partial charge in [-0.3, -0.25) is 4.79 Å². The summed E-state index contributed by atoms with van der Waals surface area (Å²) in [6.45, 7) is 9.57. The average Bonchev–Trinajstić information content (AvgIpc) is 2.74. The molecule has 0 radical (unpaired) electrons. The number of hydrogen-bond donors (Lipinski definition) is 1. The summed E-state index contributed by atoms with van der Waals surface area (Å²) >= 11 is 6.58. The monoisotopic (exact) mass is 445 g/mol. The molecule has 0 unspecified atom stereocenters. The van der Waals surface area contributed by atoms with Gasteiger partial charge in [0, 0.05) is 23.4 Å². The van der Waals surface area contributed by atoms with Crippen molar-refractivity contribution >= 4 is 45.8 Å². The van der Waals surface area contributed by atoms with E-state index >= 15 is 0 Å². The van der Waals surface area contributed by atoms with E-state index in [1.807, 2.05) is 54.6 Å². The minimum Gasteiger partial charge on any atom is -0.363 e. The van der Waals surface area contributed by atoms with E-state index in [9.17, 15) is 4.79 Å². The quantitative estimate of drug-likeness (QED) is 0.375. The van der Waals surface area contributed by atoms with Crippen molar-refractivity contribution in [3.8, 4) is 0 Å². The molecule has 0 fully saturated rings. The number of nitrogens with zero attached hydrogens (tertiary/aromatic N) is 2. The first-order valence-corrected chi connectivity index (χ1v) is 11.3. The van der Waals surface area contributed by atoms with E-state index in [-0.39, 0.29) is 17.9 Å². The van der Waals surface area contributed by atoms with Gasteiger partial charge in [-0.1, -0.05) is 60.1 Å². The molecule has 0 saturated heterocycles. The maximum atomic E-state index is 12.5. The third-order valence-corrected chi connectivity index (χ3v) is 6.36. The molecule has 1 heterocycles. The number of allylic oxidation sites excluding steroid dienone is 1. The Kier molecular flexibility index (Phi) is 6.07. The molecule has 5 heteroatoms. The van der Waals surface area contributed by atoms with E-state index in [0.29, 0.717) is 5.02 Å². The fraction of sp³-hybridized carbons (Fsp3) is 0.259. The van der Waals surface area contributed by atoms with Crippen LogP contribution in [0.3, 0.4) is 0 Å². The first-order chi connectivity index (χ1) is 15.3. The third-order valence-electron chi connectivity index (χ3n) is 6.04. The number of carbonyl (C=O) groups is 1. The molecule has 1 aliphatic heterocycles. The Morgan fingerprint density at radius 2 is 1.91 bits per heavy atom. The number of likely N-dealkylation sites (N-methyl/N-ethyl adjacent to an activating group) is 1. The van der Waals surface area contributed by atoms with Gasteiger partial charge in [0.25, 0.3) is 0 Å². The molecule has 0 atom stereocenters. The fourth-order valence-corrected chi connectivity index (χ4v) is 4.83. The highest BCUT2D eigenvalue weighted by molar-refractivity contribution is 6.33. The van der Waals surface area contributed by atoms with Crippen LogP contribution in [0.15, 0.2) is 65.8 Å². The van der Waals surface area contributed by atoms with Crippen LogP contribution in [0.5, 0.6) is 0 Å². The molecule has 1 amide bonds. The third kappa shape index (κ3) is 4.28. The summed E-state index contributed by atoms with van der Waals surface area (Å²) in [4.78, 5) is 14.8. The van der Waals surface area contributed by atoms with Crippen molar-refractivity contribution < 1.29 is 4.79 Å². The van der Waals surface area contributed by atoms with Crippen LogP contribution in [0.2, 0.25) is 5.02 Å². The highest BCUT2D eigenvalue weighted by Gasteiger charge is 2.30. The number of amides is 1. The zero-order valence-corrected chi connectivity index (χ0v) is 19.7. The number of hydrazone groups is 1. The molecule has 1 aliphatic rings. The normalized spacial score (nSPS) is 15.0. The second kappa shape index (κ2) is 8.79. The number of nitrogens with one attached hydrogen (secondary N) is 1. The summed E-state index contributed by atoms with van der Waals surface area (Å²) in [5, 5.41) is 6.99. The maximum Gasteiger partial charge on any atom is 0.244 e. The molecular formula is C27H28ClN3O. The Bertz CT molecular complexity index is 1240. The molecule has 0 aliphatic carbocycles. The Morgan fingerprint density at radius 1 is 1.16 bits per heavy atom. The summed E-state index contributed by atoms with van der Waals surface area (Å²) in [5.74, 6) is -0.165. The van der Waals surface area contributed by atoms with Crippen LogP contribution in [0, 0.1) is 0 Å². The molecule has 164 valence electrons. The predicted molar refractivity (Wildman–Crippen MR) is 136 cm³/mol. The summed E-state index contributed by atoms with van der Waals surface area (Å²) < 4.78 is 0. The van der Waals surface area contributed by atoms with Gasteiger partial charge in [0.1, 0.15) is 0 Å². The van der Waals surface area contributed by atoms with Crippen molar-refractivity contribution in [3.05, 3.63) is 82.4 Å². The van der Waals surface area contributed by atoms with Crippen LogP contribution in [0.1, 0.15) is 44.4 Å². The molecule has 1 N–H and O–H groups in total. The topological polar surface area (TPSA) is 44.7 Å². The number of hydrogen-bond acceptors (Lipinski definition) is 3. The van der Waals surface area contributed by atoms with Gasteiger partial charge in [-0.2, -0.15) is 5.10 Å². The fourth-order valence-electron chi connectivity index (χ4n) is 4.62. The Hall–Kier alpha value is -3.11. The van der Waals surface area contributed by atoms with Gasteiger partial charge in [-0.05, 0) is 61.7 Å². The zero-order valence-electron chi connectivity index (χ0n) is 18.9. The Balaban J connectivity index is 1.52. The second-order valence-electron chi connectivity index (χ2n) is 8.72. The summed E-state index contributed by atoms with van der Waals surface area (Å²) in [7, 11) is 0. The number of halogens is 1. The summed E-state index contributed by atoms with van der Waals surface area (Å²) in [6, 6.07) is 18.1. The molecule has 0 aromatic heterocycles. The number of fused-ring (bicyclic) bond motifs is 2. The van der Waals surface area contributed by atoms with Gasteiger partial charge in [0.2, 0.25) is 5.91 Å². The van der Waals surface area contributed by atoms with Gasteiger partial charge >= 0.3 is 0 Å². The molecule has 4 rings (SSSR count). The van der Waals surface area contributed by atoms with Crippen molar-refractivity contribution in [1.29, 1.82) is 0 Å². The summed E-state index contributed by atoms with van der Waals surface area (Å²) in [6.07, 6.45) is 4.16. The van der Waals surface area contributed by atoms with Gasteiger partial charge in [-0.25, -0.2) is 5.43 Å². The molecule has 3 aromatic rings. The standard InChI is InChI=1S/C27H28ClN3O/c1-5-31-25-15-24(28)21(13-23(25)18(2)16-27(31,3)4)17-29-30-26(32)14-20-11-8-10-19-9-6-7-12-22(19)20/h6-13,15-17H,5,14H2,1-4H3,(H,30,32)/b29-17-. The number of anilines is 1. The van der Waals surface area contributed by atoms with Crippen molar-refractivity contribution in [3.63, 3.8) is 0 Å². The minimum atomic E-state index is -0.165. The van der Waals surface area contributed by atoms with Gasteiger partial charge < -0.3 is 4.90 Å². The molecule has 3 aromatic carbocycles. The van der Waals surface area contributed by atoms with Crippen LogP contribution in [0.4, 0.5) is 5.69 Å². The van der Waals surface area contributed by atoms with Gasteiger partial charge in [0.05, 0.1) is 23.2 Å². The van der Waals surface area contributed by atoms with Crippen molar-refractivity contribution in [2.45, 2.75) is 39.7 Å². The lowest BCUT2D eigenvalue weighted by Crippen LogP contribution is -2.44. The van der Waals surface area contributed by atoms with E-state index in [0.717, 1.165) is 39.7 Å². The van der Waals surface area contributed by atoms with E-state index in [4.69, 9.17) is 11.6 Å². The smallest absolute Gasteiger partial charge is 0.244 e. The molecular weight excluding hydrogens is 418 g/mol. The predicted octanol–water partition coefficient (Wildman–Crippen LogP) is 6.21. The van der Waals surface area contributed by atoms with Crippen LogP contribution >= 0.6 is 11.6 Å². The van der Waals surface area contributed by atoms with Crippen LogP contribution in [0.25, 0.3) is 16.3 Å². The van der Waals surface area contributed by atoms with Crippen LogP contribution < -0.4 is 10.3 Å². The largest absolute Gasteiger partial charge is 0.363 e. The zero-order chi connectivity index (χ0) is 22.9. The Morgan fingerprint density at radius 3 is 2.69 bits per heavy atom. The van der Waals surface area contributed by atoms with Crippen LogP contribution in [-0.2, 0) is 11.2 Å². The number of carbonyl (C=O) groups excluding carboxylic acids is 1. The second-order valence-corrected chi connectivity index (χ2v) is 9.13. The highest BCUT2D eigenvalue weighted by atomic mass is 35.5. The molecule has 4 nitrogen and oxygen atoms in total.